The highest BCUT2D eigenvalue weighted by molar-refractivity contribution is 7.89. The van der Waals surface area contributed by atoms with Crippen molar-refractivity contribution < 1.29 is 17.2 Å². The molecule has 0 radical (unpaired) electrons. The standard InChI is InChI=1S/C14H22F2N2O2S/c1-5-14(2,3)9-18-21(19,20)12-7-10(8-17-4)6-11(15)13(12)16/h6-7,17-18H,5,8-9H2,1-4H3. The van der Waals surface area contributed by atoms with Crippen molar-refractivity contribution >= 4 is 10.0 Å². The largest absolute Gasteiger partial charge is 0.316 e. The number of rotatable bonds is 7. The Morgan fingerprint density at radius 3 is 2.38 bits per heavy atom. The molecule has 0 fully saturated rings. The molecule has 0 amide bonds. The molecule has 0 unspecified atom stereocenters. The summed E-state index contributed by atoms with van der Waals surface area (Å²) in [4.78, 5) is -0.653. The fourth-order valence-corrected chi connectivity index (χ4v) is 2.99. The Hall–Kier alpha value is -1.05. The van der Waals surface area contributed by atoms with Crippen LogP contribution in [-0.2, 0) is 16.6 Å². The molecule has 1 aromatic carbocycles. The molecular weight excluding hydrogens is 298 g/mol. The van der Waals surface area contributed by atoms with Crippen molar-refractivity contribution in [3.05, 3.63) is 29.3 Å². The Labute approximate surface area is 125 Å². The highest BCUT2D eigenvalue weighted by atomic mass is 32.2. The van der Waals surface area contributed by atoms with Gasteiger partial charge in [0.1, 0.15) is 4.90 Å². The monoisotopic (exact) mass is 320 g/mol. The summed E-state index contributed by atoms with van der Waals surface area (Å²) in [6, 6.07) is 2.14. The van der Waals surface area contributed by atoms with Crippen LogP contribution in [0.2, 0.25) is 0 Å². The Bertz CT molecular complexity index is 601. The minimum Gasteiger partial charge on any atom is -0.316 e. The van der Waals surface area contributed by atoms with E-state index >= 15 is 0 Å². The first-order valence-corrected chi connectivity index (χ1v) is 8.23. The van der Waals surface area contributed by atoms with E-state index in [1.165, 1.54) is 0 Å². The van der Waals surface area contributed by atoms with E-state index in [-0.39, 0.29) is 18.5 Å². The molecule has 7 heteroatoms. The predicted molar refractivity (Wildman–Crippen MR) is 78.4 cm³/mol. The number of hydrogen-bond acceptors (Lipinski definition) is 3. The van der Waals surface area contributed by atoms with E-state index in [1.54, 1.807) is 7.05 Å². The quantitative estimate of drug-likeness (QED) is 0.811. The van der Waals surface area contributed by atoms with Crippen LogP contribution in [-0.4, -0.2) is 22.0 Å². The molecule has 0 aliphatic rings. The van der Waals surface area contributed by atoms with Crippen LogP contribution >= 0.6 is 0 Å². The molecule has 0 bridgehead atoms. The van der Waals surface area contributed by atoms with Gasteiger partial charge in [-0.1, -0.05) is 20.8 Å². The third kappa shape index (κ3) is 4.72. The van der Waals surface area contributed by atoms with Gasteiger partial charge >= 0.3 is 0 Å². The molecule has 4 nitrogen and oxygen atoms in total. The number of benzene rings is 1. The molecule has 21 heavy (non-hydrogen) atoms. The van der Waals surface area contributed by atoms with Crippen LogP contribution < -0.4 is 10.0 Å². The van der Waals surface area contributed by atoms with Crippen molar-refractivity contribution in [1.82, 2.24) is 10.0 Å². The van der Waals surface area contributed by atoms with Gasteiger partial charge in [0, 0.05) is 13.1 Å². The van der Waals surface area contributed by atoms with Crippen molar-refractivity contribution in [3.8, 4) is 0 Å². The lowest BCUT2D eigenvalue weighted by atomic mass is 9.91. The second-order valence-electron chi connectivity index (χ2n) is 5.76. The number of nitrogens with one attached hydrogen (secondary N) is 2. The molecule has 1 rings (SSSR count). The highest BCUT2D eigenvalue weighted by Crippen LogP contribution is 2.22. The zero-order valence-electron chi connectivity index (χ0n) is 12.8. The summed E-state index contributed by atoms with van der Waals surface area (Å²) in [7, 11) is -2.45. The van der Waals surface area contributed by atoms with Crippen molar-refractivity contribution in [2.45, 2.75) is 38.6 Å². The first-order chi connectivity index (χ1) is 9.63. The lowest BCUT2D eigenvalue weighted by Gasteiger charge is -2.23. The van der Waals surface area contributed by atoms with Gasteiger partial charge < -0.3 is 5.32 Å². The molecule has 2 N–H and O–H groups in total. The zero-order chi connectivity index (χ0) is 16.3. The van der Waals surface area contributed by atoms with Gasteiger partial charge in [0.05, 0.1) is 0 Å². The van der Waals surface area contributed by atoms with E-state index in [9.17, 15) is 17.2 Å². The van der Waals surface area contributed by atoms with Gasteiger partial charge in [0.2, 0.25) is 10.0 Å². The van der Waals surface area contributed by atoms with Crippen LogP contribution in [0.15, 0.2) is 17.0 Å². The third-order valence-electron chi connectivity index (χ3n) is 3.42. The SMILES string of the molecule is CCC(C)(C)CNS(=O)(=O)c1cc(CNC)cc(F)c1F. The molecule has 0 spiro atoms. The normalized spacial score (nSPS) is 12.7. The van der Waals surface area contributed by atoms with Gasteiger partial charge in [0.15, 0.2) is 11.6 Å². The Kier molecular flexibility index (Phi) is 5.83. The smallest absolute Gasteiger partial charge is 0.243 e. The Morgan fingerprint density at radius 2 is 1.86 bits per heavy atom. The van der Waals surface area contributed by atoms with Crippen LogP contribution in [0.3, 0.4) is 0 Å². The fourth-order valence-electron chi connectivity index (χ4n) is 1.61. The predicted octanol–water partition coefficient (Wildman–Crippen LogP) is 2.40. The second kappa shape index (κ2) is 6.81. The maximum atomic E-state index is 13.8. The Balaban J connectivity index is 3.13. The maximum Gasteiger partial charge on any atom is 0.243 e. The highest BCUT2D eigenvalue weighted by Gasteiger charge is 2.25. The summed E-state index contributed by atoms with van der Waals surface area (Å²) in [6.07, 6.45) is 0.756. The topological polar surface area (TPSA) is 58.2 Å². The van der Waals surface area contributed by atoms with E-state index in [4.69, 9.17) is 0 Å². The zero-order valence-corrected chi connectivity index (χ0v) is 13.6. The van der Waals surface area contributed by atoms with Gasteiger partial charge in [-0.2, -0.15) is 0 Å². The molecule has 120 valence electrons. The Morgan fingerprint density at radius 1 is 1.24 bits per heavy atom. The van der Waals surface area contributed by atoms with E-state index in [2.05, 4.69) is 10.0 Å². The molecule has 0 saturated heterocycles. The van der Waals surface area contributed by atoms with Crippen LogP contribution in [0, 0.1) is 17.0 Å². The second-order valence-corrected chi connectivity index (χ2v) is 7.50. The van der Waals surface area contributed by atoms with Gasteiger partial charge in [-0.05, 0) is 36.6 Å². The van der Waals surface area contributed by atoms with Gasteiger partial charge in [0.25, 0.3) is 0 Å². The van der Waals surface area contributed by atoms with Crippen LogP contribution in [0.4, 0.5) is 8.78 Å². The first kappa shape index (κ1) is 18.0. The van der Waals surface area contributed by atoms with Crippen molar-refractivity contribution in [2.75, 3.05) is 13.6 Å². The lowest BCUT2D eigenvalue weighted by molar-refractivity contribution is 0.349. The molecule has 0 heterocycles. The van der Waals surface area contributed by atoms with E-state index in [0.717, 1.165) is 18.6 Å². The first-order valence-electron chi connectivity index (χ1n) is 6.75. The molecule has 1 aromatic rings. The van der Waals surface area contributed by atoms with Crippen molar-refractivity contribution in [1.29, 1.82) is 0 Å². The molecule has 0 atom stereocenters. The van der Waals surface area contributed by atoms with E-state index < -0.39 is 26.6 Å². The summed E-state index contributed by atoms with van der Waals surface area (Å²) in [5.74, 6) is -2.52. The molecule has 0 aliphatic carbocycles. The average Bonchev–Trinajstić information content (AvgIpc) is 2.41. The lowest BCUT2D eigenvalue weighted by Crippen LogP contribution is -2.34. The number of halogens is 2. The summed E-state index contributed by atoms with van der Waals surface area (Å²) in [6.45, 7) is 6.12. The molecular formula is C14H22F2N2O2S. The summed E-state index contributed by atoms with van der Waals surface area (Å²) in [5.41, 5.74) is 0.108. The van der Waals surface area contributed by atoms with Crippen LogP contribution in [0.25, 0.3) is 0 Å². The molecule has 0 aromatic heterocycles. The summed E-state index contributed by atoms with van der Waals surface area (Å²) in [5, 5.41) is 2.77. The van der Waals surface area contributed by atoms with Crippen molar-refractivity contribution in [2.24, 2.45) is 5.41 Å². The minimum absolute atomic E-state index is 0.156. The van der Waals surface area contributed by atoms with Crippen LogP contribution in [0.5, 0.6) is 0 Å². The van der Waals surface area contributed by atoms with E-state index in [0.29, 0.717) is 5.56 Å². The minimum atomic E-state index is -4.09. The van der Waals surface area contributed by atoms with Crippen LogP contribution in [0.1, 0.15) is 32.8 Å². The van der Waals surface area contributed by atoms with Gasteiger partial charge in [-0.25, -0.2) is 21.9 Å². The molecule has 0 saturated carbocycles. The fraction of sp³-hybridized carbons (Fsp3) is 0.571. The number of sulfonamides is 1. The molecule has 0 aliphatic heterocycles. The summed E-state index contributed by atoms with van der Waals surface area (Å²) < 4.78 is 54.1. The van der Waals surface area contributed by atoms with Gasteiger partial charge in [-0.3, -0.25) is 0 Å². The maximum absolute atomic E-state index is 13.8. The van der Waals surface area contributed by atoms with Crippen molar-refractivity contribution in [3.63, 3.8) is 0 Å². The average molecular weight is 320 g/mol. The van der Waals surface area contributed by atoms with E-state index in [1.807, 2.05) is 20.8 Å². The number of hydrogen-bond donors (Lipinski definition) is 2. The summed E-state index contributed by atoms with van der Waals surface area (Å²) >= 11 is 0. The third-order valence-corrected chi connectivity index (χ3v) is 4.82. The van der Waals surface area contributed by atoms with Gasteiger partial charge in [-0.15, -0.1) is 0 Å².